The normalized spacial score (nSPS) is 10.1. The molecule has 24 heavy (non-hydrogen) atoms. The molecule has 1 heterocycles. The van der Waals surface area contributed by atoms with E-state index in [0.29, 0.717) is 5.76 Å². The molecule has 0 atom stereocenters. The Kier molecular flexibility index (Phi) is 5.91. The Labute approximate surface area is 140 Å². The summed E-state index contributed by atoms with van der Waals surface area (Å²) in [5, 5.41) is 4.17. The topological polar surface area (TPSA) is 97.6 Å². The molecule has 2 aromatic rings. The lowest BCUT2D eigenvalue weighted by atomic mass is 10.2. The third-order valence-corrected chi connectivity index (χ3v) is 3.07. The summed E-state index contributed by atoms with van der Waals surface area (Å²) >= 11 is 5.70. The van der Waals surface area contributed by atoms with Crippen molar-refractivity contribution in [1.82, 2.24) is 10.6 Å². The maximum absolute atomic E-state index is 13.5. The molecular weight excluding hydrogens is 343 g/mol. The summed E-state index contributed by atoms with van der Waals surface area (Å²) in [6.45, 7) is -0.686. The molecule has 1 aromatic heterocycles. The van der Waals surface area contributed by atoms with E-state index >= 15 is 0 Å². The zero-order valence-electron chi connectivity index (χ0n) is 12.2. The number of imide groups is 1. The lowest BCUT2D eigenvalue weighted by molar-refractivity contribution is -0.123. The smallest absolute Gasteiger partial charge is 0.343 e. The highest BCUT2D eigenvalue weighted by Gasteiger charge is 2.19. The fraction of sp³-hybridized carbons (Fsp3) is 0.133. The predicted octanol–water partition coefficient (Wildman–Crippen LogP) is 2.25. The van der Waals surface area contributed by atoms with Crippen LogP contribution in [-0.4, -0.2) is 24.5 Å². The van der Waals surface area contributed by atoms with Gasteiger partial charge in [0.1, 0.15) is 17.1 Å². The number of esters is 1. The van der Waals surface area contributed by atoms with Gasteiger partial charge in [-0.1, -0.05) is 17.7 Å². The minimum Gasteiger partial charge on any atom is -0.467 e. The van der Waals surface area contributed by atoms with Gasteiger partial charge in [-0.25, -0.2) is 14.0 Å². The van der Waals surface area contributed by atoms with Crippen molar-refractivity contribution >= 4 is 29.5 Å². The van der Waals surface area contributed by atoms with Crippen molar-refractivity contribution in [2.45, 2.75) is 6.54 Å². The zero-order chi connectivity index (χ0) is 17.5. The monoisotopic (exact) mass is 354 g/mol. The van der Waals surface area contributed by atoms with Gasteiger partial charge in [0.2, 0.25) is 0 Å². The third kappa shape index (κ3) is 4.82. The zero-order valence-corrected chi connectivity index (χ0v) is 12.9. The molecule has 0 spiro atoms. The first kappa shape index (κ1) is 17.5. The SMILES string of the molecule is O=C(COC(=O)c1c(F)cccc1Cl)NC(=O)NCc1ccco1. The molecule has 0 bridgehead atoms. The first-order chi connectivity index (χ1) is 11.5. The van der Waals surface area contributed by atoms with Crippen LogP contribution in [0.2, 0.25) is 5.02 Å². The summed E-state index contributed by atoms with van der Waals surface area (Å²) in [6.07, 6.45) is 1.44. The molecule has 0 saturated carbocycles. The largest absolute Gasteiger partial charge is 0.467 e. The van der Waals surface area contributed by atoms with Crippen molar-refractivity contribution in [1.29, 1.82) is 0 Å². The van der Waals surface area contributed by atoms with Crippen LogP contribution in [0.15, 0.2) is 41.0 Å². The fourth-order valence-corrected chi connectivity index (χ4v) is 1.92. The number of urea groups is 1. The summed E-state index contributed by atoms with van der Waals surface area (Å²) in [4.78, 5) is 34.7. The van der Waals surface area contributed by atoms with Gasteiger partial charge in [-0.3, -0.25) is 10.1 Å². The van der Waals surface area contributed by atoms with Gasteiger partial charge in [0.25, 0.3) is 5.91 Å². The van der Waals surface area contributed by atoms with Crippen molar-refractivity contribution < 1.29 is 27.9 Å². The van der Waals surface area contributed by atoms with Crippen LogP contribution >= 0.6 is 11.6 Å². The number of carbonyl (C=O) groups excluding carboxylic acids is 3. The Hall–Kier alpha value is -2.87. The summed E-state index contributed by atoms with van der Waals surface area (Å²) in [5.74, 6) is -2.36. The van der Waals surface area contributed by atoms with Crippen LogP contribution in [0.5, 0.6) is 0 Å². The molecule has 0 saturated heterocycles. The Morgan fingerprint density at radius 1 is 1.21 bits per heavy atom. The van der Waals surface area contributed by atoms with E-state index < -0.39 is 35.9 Å². The summed E-state index contributed by atoms with van der Waals surface area (Å²) in [5.41, 5.74) is -0.478. The van der Waals surface area contributed by atoms with Gasteiger partial charge in [-0.05, 0) is 24.3 Å². The summed E-state index contributed by atoms with van der Waals surface area (Å²) < 4.78 is 23.1. The molecule has 9 heteroatoms. The number of rotatable bonds is 5. The van der Waals surface area contributed by atoms with Gasteiger partial charge >= 0.3 is 12.0 Å². The number of halogens is 2. The minimum atomic E-state index is -1.11. The highest BCUT2D eigenvalue weighted by atomic mass is 35.5. The fourth-order valence-electron chi connectivity index (χ4n) is 1.68. The van der Waals surface area contributed by atoms with Crippen LogP contribution in [0.1, 0.15) is 16.1 Å². The van der Waals surface area contributed by atoms with E-state index in [9.17, 15) is 18.8 Å². The van der Waals surface area contributed by atoms with Gasteiger partial charge in [-0.2, -0.15) is 0 Å². The van der Waals surface area contributed by atoms with Crippen molar-refractivity contribution in [3.63, 3.8) is 0 Å². The number of furan rings is 1. The second kappa shape index (κ2) is 8.11. The first-order valence-corrected chi connectivity index (χ1v) is 7.06. The molecule has 2 N–H and O–H groups in total. The third-order valence-electron chi connectivity index (χ3n) is 2.76. The molecule has 1 aromatic carbocycles. The standard InChI is InChI=1S/C15H12ClFN2O5/c16-10-4-1-5-11(17)13(10)14(21)24-8-12(20)19-15(22)18-7-9-3-2-6-23-9/h1-6H,7-8H2,(H2,18,19,20,22). The molecule has 0 aliphatic rings. The Bertz CT molecular complexity index is 728. The molecule has 0 radical (unpaired) electrons. The van der Waals surface area contributed by atoms with Crippen molar-refractivity contribution in [3.8, 4) is 0 Å². The van der Waals surface area contributed by atoms with E-state index in [1.165, 1.54) is 18.4 Å². The van der Waals surface area contributed by atoms with Crippen molar-refractivity contribution in [2.24, 2.45) is 0 Å². The van der Waals surface area contributed by atoms with Gasteiger partial charge in [0.15, 0.2) is 6.61 Å². The summed E-state index contributed by atoms with van der Waals surface area (Å²) in [7, 11) is 0. The molecule has 2 rings (SSSR count). The number of hydrogen-bond donors (Lipinski definition) is 2. The second-order valence-corrected chi connectivity index (χ2v) is 4.89. The highest BCUT2D eigenvalue weighted by molar-refractivity contribution is 6.33. The number of benzene rings is 1. The van der Waals surface area contributed by atoms with Gasteiger partial charge in [0.05, 0.1) is 17.8 Å². The Morgan fingerprint density at radius 2 is 2.00 bits per heavy atom. The van der Waals surface area contributed by atoms with Crippen LogP contribution in [0.4, 0.5) is 9.18 Å². The van der Waals surface area contributed by atoms with Crippen LogP contribution in [0, 0.1) is 5.82 Å². The average molecular weight is 355 g/mol. The minimum absolute atomic E-state index is 0.0801. The molecule has 0 aliphatic heterocycles. The molecule has 3 amide bonds. The number of carbonyl (C=O) groups is 3. The van der Waals surface area contributed by atoms with Crippen molar-refractivity contribution in [2.75, 3.05) is 6.61 Å². The molecule has 126 valence electrons. The second-order valence-electron chi connectivity index (χ2n) is 4.48. The average Bonchev–Trinajstić information content (AvgIpc) is 3.04. The molecule has 0 aliphatic carbocycles. The first-order valence-electron chi connectivity index (χ1n) is 6.68. The number of amides is 3. The van der Waals surface area contributed by atoms with E-state index in [1.54, 1.807) is 12.1 Å². The lowest BCUT2D eigenvalue weighted by Gasteiger charge is -2.08. The number of hydrogen-bond acceptors (Lipinski definition) is 5. The van der Waals surface area contributed by atoms with E-state index in [2.05, 4.69) is 10.1 Å². The molecule has 0 fully saturated rings. The van der Waals surface area contributed by atoms with Crippen LogP contribution in [0.25, 0.3) is 0 Å². The van der Waals surface area contributed by atoms with Gasteiger partial charge in [0, 0.05) is 0 Å². The Morgan fingerprint density at radius 3 is 2.67 bits per heavy atom. The highest BCUT2D eigenvalue weighted by Crippen LogP contribution is 2.19. The van der Waals surface area contributed by atoms with Crippen molar-refractivity contribution in [3.05, 3.63) is 58.8 Å². The molecular formula is C15H12ClFN2O5. The maximum atomic E-state index is 13.5. The summed E-state index contributed by atoms with van der Waals surface area (Å²) in [6, 6.07) is 6.16. The maximum Gasteiger partial charge on any atom is 0.343 e. The number of nitrogens with one attached hydrogen (secondary N) is 2. The predicted molar refractivity (Wildman–Crippen MR) is 80.8 cm³/mol. The van der Waals surface area contributed by atoms with Crippen LogP contribution in [-0.2, 0) is 16.1 Å². The number of ether oxygens (including phenoxy) is 1. The van der Waals surface area contributed by atoms with Crippen LogP contribution in [0.3, 0.4) is 0 Å². The molecule has 0 unspecified atom stereocenters. The van der Waals surface area contributed by atoms with E-state index in [4.69, 9.17) is 16.0 Å². The lowest BCUT2D eigenvalue weighted by Crippen LogP contribution is -2.41. The Balaban J connectivity index is 1.78. The van der Waals surface area contributed by atoms with Gasteiger partial charge in [-0.15, -0.1) is 0 Å². The van der Waals surface area contributed by atoms with E-state index in [0.717, 1.165) is 6.07 Å². The van der Waals surface area contributed by atoms with E-state index in [-0.39, 0.29) is 11.6 Å². The quantitative estimate of drug-likeness (QED) is 0.803. The van der Waals surface area contributed by atoms with E-state index in [1.807, 2.05) is 5.32 Å². The van der Waals surface area contributed by atoms with Gasteiger partial charge < -0.3 is 14.5 Å². The molecule has 7 nitrogen and oxygen atoms in total. The van der Waals surface area contributed by atoms with Crippen LogP contribution < -0.4 is 10.6 Å².